The molecule has 1 heterocycles. The molecule has 0 saturated heterocycles. The smallest absolute Gasteiger partial charge is 0.321 e. The number of nitrogen functional groups attached to an aromatic ring is 2. The molecule has 0 saturated carbocycles. The minimum Gasteiger partial charge on any atom is -0.465 e. The molecule has 198 valence electrons. The Morgan fingerprint density at radius 2 is 1.95 bits per heavy atom. The number of benzene rings is 2. The molecule has 0 bridgehead atoms. The van der Waals surface area contributed by atoms with E-state index in [1.807, 2.05) is 25.1 Å². The fourth-order valence-electron chi connectivity index (χ4n) is 3.35. The van der Waals surface area contributed by atoms with Crippen molar-refractivity contribution in [2.24, 2.45) is 5.73 Å². The Hall–Kier alpha value is -4.32. The van der Waals surface area contributed by atoms with Crippen LogP contribution in [0.15, 0.2) is 65.6 Å². The summed E-state index contributed by atoms with van der Waals surface area (Å²) in [5.74, 6) is -3.11. The second-order valence-corrected chi connectivity index (χ2v) is 8.23. The summed E-state index contributed by atoms with van der Waals surface area (Å²) in [6.45, 7) is 2.54. The summed E-state index contributed by atoms with van der Waals surface area (Å²) in [6, 6.07) is 11.1. The van der Waals surface area contributed by atoms with E-state index in [-0.39, 0.29) is 40.8 Å². The van der Waals surface area contributed by atoms with Gasteiger partial charge in [0.25, 0.3) is 5.88 Å². The van der Waals surface area contributed by atoms with Crippen molar-refractivity contribution < 1.29 is 27.8 Å². The van der Waals surface area contributed by atoms with Crippen LogP contribution in [0.3, 0.4) is 0 Å². The number of allylic oxidation sites excluding steroid dienone is 2. The quantitative estimate of drug-likeness (QED) is 0.162. The molecule has 1 aliphatic rings. The summed E-state index contributed by atoms with van der Waals surface area (Å²) in [4.78, 5) is 13.9. The maximum Gasteiger partial charge on any atom is 0.321 e. The number of hydrazine groups is 1. The van der Waals surface area contributed by atoms with Gasteiger partial charge >= 0.3 is 5.97 Å². The Balaban J connectivity index is 2.05. The molecule has 3 rings (SSSR count). The third-order valence-electron chi connectivity index (χ3n) is 5.36. The zero-order chi connectivity index (χ0) is 27.3. The Morgan fingerprint density at radius 1 is 1.22 bits per heavy atom. The van der Waals surface area contributed by atoms with E-state index in [0.717, 1.165) is 10.7 Å². The first-order valence-electron chi connectivity index (χ1n) is 11.3. The van der Waals surface area contributed by atoms with Gasteiger partial charge in [-0.25, -0.2) is 19.2 Å². The Bertz CT molecular complexity index is 1250. The number of halogens is 2. The van der Waals surface area contributed by atoms with Gasteiger partial charge < -0.3 is 30.6 Å². The van der Waals surface area contributed by atoms with Crippen LogP contribution in [0.5, 0.6) is 11.5 Å². The largest absolute Gasteiger partial charge is 0.465 e. The first-order valence-corrected chi connectivity index (χ1v) is 11.3. The maximum atomic E-state index is 15.5. The highest BCUT2D eigenvalue weighted by atomic mass is 19.1. The number of rotatable bonds is 10. The van der Waals surface area contributed by atoms with Crippen molar-refractivity contribution in [2.75, 3.05) is 37.9 Å². The van der Waals surface area contributed by atoms with Crippen LogP contribution in [-0.2, 0) is 9.53 Å². The number of amidine groups is 1. The summed E-state index contributed by atoms with van der Waals surface area (Å²) in [5.41, 5.74) is 15.0. The van der Waals surface area contributed by atoms with Gasteiger partial charge in [0.1, 0.15) is 23.9 Å². The van der Waals surface area contributed by atoms with Gasteiger partial charge in [-0.15, -0.1) is 0 Å². The van der Waals surface area contributed by atoms with Crippen LogP contribution in [0.2, 0.25) is 0 Å². The van der Waals surface area contributed by atoms with Crippen LogP contribution in [-0.4, -0.2) is 50.3 Å². The van der Waals surface area contributed by atoms with Crippen LogP contribution in [0, 0.1) is 5.41 Å². The number of anilines is 2. The molecule has 0 amide bonds. The molecule has 0 fully saturated rings. The second-order valence-electron chi connectivity index (χ2n) is 8.23. The fourth-order valence-corrected chi connectivity index (χ4v) is 3.35. The molecule has 0 radical (unpaired) electrons. The van der Waals surface area contributed by atoms with Gasteiger partial charge in [0.05, 0.1) is 12.3 Å². The van der Waals surface area contributed by atoms with E-state index in [1.54, 1.807) is 25.1 Å². The van der Waals surface area contributed by atoms with Gasteiger partial charge in [0.15, 0.2) is 11.7 Å². The molecule has 1 aliphatic heterocycles. The third-order valence-corrected chi connectivity index (χ3v) is 5.36. The molecule has 2 aromatic rings. The lowest BCUT2D eigenvalue weighted by atomic mass is 10.1. The van der Waals surface area contributed by atoms with E-state index >= 15 is 8.78 Å². The highest BCUT2D eigenvalue weighted by Gasteiger charge is 2.39. The van der Waals surface area contributed by atoms with Gasteiger partial charge in [0, 0.05) is 37.0 Å². The number of nitrogens with zero attached hydrogens (tertiary/aromatic N) is 2. The molecule has 0 aromatic heterocycles. The number of carbonyl (C=O) groups is 1. The fraction of sp³-hybridized carbons (Fsp3) is 0.280. The summed E-state index contributed by atoms with van der Waals surface area (Å²) in [6.07, 6.45) is -1.63. The number of hydrogen-bond donors (Lipinski definition) is 4. The predicted octanol–water partition coefficient (Wildman–Crippen LogP) is 3.17. The Morgan fingerprint density at radius 3 is 2.59 bits per heavy atom. The predicted molar refractivity (Wildman–Crippen MR) is 136 cm³/mol. The van der Waals surface area contributed by atoms with Crippen molar-refractivity contribution >= 4 is 23.2 Å². The SMILES string of the molecule is CCOC(=O)CNN1C(Oc2cccc(N(C)C)c2)=C(F)C(C)=C(F)C1Oc1cc(C(=N)N)ccc1N. The molecule has 6 N–H and O–H groups in total. The first-order chi connectivity index (χ1) is 17.5. The molecule has 10 nitrogen and oxygen atoms in total. The van der Waals surface area contributed by atoms with Crippen LogP contribution < -0.4 is 31.3 Å². The molecular weight excluding hydrogens is 486 g/mol. The van der Waals surface area contributed by atoms with Gasteiger partial charge in [-0.2, -0.15) is 0 Å². The minimum atomic E-state index is -1.63. The van der Waals surface area contributed by atoms with E-state index in [9.17, 15) is 4.79 Å². The topological polar surface area (TPSA) is 139 Å². The van der Waals surface area contributed by atoms with Crippen molar-refractivity contribution in [2.45, 2.75) is 20.1 Å². The number of hydrogen-bond acceptors (Lipinski definition) is 9. The first kappa shape index (κ1) is 27.3. The molecule has 37 heavy (non-hydrogen) atoms. The zero-order valence-corrected chi connectivity index (χ0v) is 21.0. The third kappa shape index (κ3) is 6.28. The second kappa shape index (κ2) is 11.6. The lowest BCUT2D eigenvalue weighted by Crippen LogP contribution is -2.53. The number of ether oxygens (including phenoxy) is 3. The normalized spacial score (nSPS) is 15.5. The van der Waals surface area contributed by atoms with E-state index in [4.69, 9.17) is 31.1 Å². The molecule has 2 aromatic carbocycles. The highest BCUT2D eigenvalue weighted by Crippen LogP contribution is 2.37. The molecule has 1 atom stereocenters. The molecule has 0 aliphatic carbocycles. The highest BCUT2D eigenvalue weighted by molar-refractivity contribution is 5.95. The standard InChI is InChI=1S/C25H30F2N6O4/c1-5-35-20(34)13-31-33-24(36-17-8-6-7-16(12-17)32(3)4)21(26)14(2)22(27)25(33)37-19-11-15(23(29)30)9-10-18(19)28/h6-12,25,31H,5,13,28H2,1-4H3,(H3,29,30). The van der Waals surface area contributed by atoms with Gasteiger partial charge in [-0.3, -0.25) is 10.2 Å². The maximum absolute atomic E-state index is 15.5. The lowest BCUT2D eigenvalue weighted by molar-refractivity contribution is -0.144. The van der Waals surface area contributed by atoms with Crippen LogP contribution in [0.4, 0.5) is 20.2 Å². The van der Waals surface area contributed by atoms with Crippen molar-refractivity contribution in [1.82, 2.24) is 10.4 Å². The Kier molecular flexibility index (Phi) is 8.56. The summed E-state index contributed by atoms with van der Waals surface area (Å²) < 4.78 is 47.6. The van der Waals surface area contributed by atoms with E-state index in [2.05, 4.69) is 5.43 Å². The summed E-state index contributed by atoms with van der Waals surface area (Å²) in [5, 5.41) is 8.57. The van der Waals surface area contributed by atoms with Crippen LogP contribution >= 0.6 is 0 Å². The zero-order valence-electron chi connectivity index (χ0n) is 21.0. The number of carbonyl (C=O) groups excluding carboxylic acids is 1. The van der Waals surface area contributed by atoms with Crippen LogP contribution in [0.25, 0.3) is 0 Å². The number of nitrogens with two attached hydrogens (primary N) is 2. The van der Waals surface area contributed by atoms with Crippen LogP contribution in [0.1, 0.15) is 19.4 Å². The van der Waals surface area contributed by atoms with Crippen molar-refractivity contribution in [3.63, 3.8) is 0 Å². The number of nitrogens with one attached hydrogen (secondary N) is 2. The van der Waals surface area contributed by atoms with E-state index < -0.39 is 36.3 Å². The molecule has 12 heteroatoms. The Labute approximate surface area is 213 Å². The average molecular weight is 517 g/mol. The molecular formula is C25H30F2N6O4. The summed E-state index contributed by atoms with van der Waals surface area (Å²) in [7, 11) is 3.66. The monoisotopic (exact) mass is 516 g/mol. The van der Waals surface area contributed by atoms with Gasteiger partial charge in [-0.05, 0) is 44.2 Å². The summed E-state index contributed by atoms with van der Waals surface area (Å²) >= 11 is 0. The molecule has 1 unspecified atom stereocenters. The van der Waals surface area contributed by atoms with Crippen molar-refractivity contribution in [1.29, 1.82) is 5.41 Å². The van der Waals surface area contributed by atoms with Gasteiger partial charge in [-0.1, -0.05) is 6.07 Å². The minimum absolute atomic E-state index is 0.0140. The van der Waals surface area contributed by atoms with E-state index in [1.165, 1.54) is 25.1 Å². The van der Waals surface area contributed by atoms with Gasteiger partial charge in [0.2, 0.25) is 6.23 Å². The average Bonchev–Trinajstić information content (AvgIpc) is 2.86. The van der Waals surface area contributed by atoms with Crippen molar-refractivity contribution in [3.8, 4) is 11.5 Å². The number of esters is 1. The lowest BCUT2D eigenvalue weighted by Gasteiger charge is -2.37. The molecule has 0 spiro atoms. The van der Waals surface area contributed by atoms with E-state index in [0.29, 0.717) is 0 Å². The van der Waals surface area contributed by atoms with Crippen molar-refractivity contribution in [3.05, 3.63) is 71.1 Å².